The lowest BCUT2D eigenvalue weighted by molar-refractivity contribution is 0.0630. The van der Waals surface area contributed by atoms with E-state index < -0.39 is 5.60 Å². The molecular formula is C10H18N4O. The predicted octanol–water partition coefficient (Wildman–Crippen LogP) is 0.0266. The van der Waals surface area contributed by atoms with Crippen molar-refractivity contribution in [2.24, 2.45) is 11.7 Å². The van der Waals surface area contributed by atoms with Crippen LogP contribution in [0, 0.1) is 5.92 Å². The molecule has 0 radical (unpaired) electrons. The van der Waals surface area contributed by atoms with E-state index in [1.54, 1.807) is 13.8 Å². The van der Waals surface area contributed by atoms with Crippen molar-refractivity contribution in [2.45, 2.75) is 38.8 Å². The number of aromatic nitrogens is 3. The highest BCUT2D eigenvalue weighted by molar-refractivity contribution is 5.06. The minimum absolute atomic E-state index is 0.511. The van der Waals surface area contributed by atoms with Gasteiger partial charge in [-0.05, 0) is 32.7 Å². The number of nitrogens with zero attached hydrogens (tertiary/aromatic N) is 3. The molecule has 0 aromatic carbocycles. The summed E-state index contributed by atoms with van der Waals surface area (Å²) in [5, 5.41) is 18.1. The second kappa shape index (κ2) is 3.57. The molecule has 0 aliphatic carbocycles. The fourth-order valence-electron chi connectivity index (χ4n) is 2.05. The summed E-state index contributed by atoms with van der Waals surface area (Å²) >= 11 is 0. The van der Waals surface area contributed by atoms with E-state index in [4.69, 9.17) is 5.73 Å². The monoisotopic (exact) mass is 210 g/mol. The van der Waals surface area contributed by atoms with Crippen LogP contribution in [0.3, 0.4) is 0 Å². The van der Waals surface area contributed by atoms with Gasteiger partial charge in [-0.2, -0.15) is 0 Å². The van der Waals surface area contributed by atoms with Crippen LogP contribution in [0.4, 0.5) is 0 Å². The summed E-state index contributed by atoms with van der Waals surface area (Å²) in [6, 6.07) is 0. The highest BCUT2D eigenvalue weighted by Crippen LogP contribution is 2.24. The first-order chi connectivity index (χ1) is 7.02. The average molecular weight is 210 g/mol. The molecule has 3 N–H and O–H groups in total. The van der Waals surface area contributed by atoms with E-state index in [-0.39, 0.29) is 0 Å². The zero-order valence-electron chi connectivity index (χ0n) is 9.27. The summed E-state index contributed by atoms with van der Waals surface area (Å²) in [4.78, 5) is 0. The third-order valence-electron chi connectivity index (χ3n) is 2.94. The SMILES string of the molecule is CC(C)(O)c1nnc2n1CCC(CN)C2. The molecule has 15 heavy (non-hydrogen) atoms. The summed E-state index contributed by atoms with van der Waals surface area (Å²) < 4.78 is 2.02. The van der Waals surface area contributed by atoms with Crippen molar-refractivity contribution in [1.82, 2.24) is 14.8 Å². The molecule has 0 saturated heterocycles. The molecule has 84 valence electrons. The molecule has 0 saturated carbocycles. The van der Waals surface area contributed by atoms with E-state index >= 15 is 0 Å². The van der Waals surface area contributed by atoms with E-state index in [1.807, 2.05) is 4.57 Å². The molecule has 2 rings (SSSR count). The highest BCUT2D eigenvalue weighted by Gasteiger charge is 2.29. The Morgan fingerprint density at radius 2 is 2.27 bits per heavy atom. The van der Waals surface area contributed by atoms with Gasteiger partial charge in [0.1, 0.15) is 11.4 Å². The average Bonchev–Trinajstić information content (AvgIpc) is 2.59. The van der Waals surface area contributed by atoms with Crippen molar-refractivity contribution in [3.8, 4) is 0 Å². The van der Waals surface area contributed by atoms with Gasteiger partial charge >= 0.3 is 0 Å². The predicted molar refractivity (Wildman–Crippen MR) is 56.1 cm³/mol. The standard InChI is InChI=1S/C10H18N4O/c1-10(2,15)9-13-12-8-5-7(6-11)3-4-14(8)9/h7,15H,3-6,11H2,1-2H3. The van der Waals surface area contributed by atoms with Gasteiger partial charge in [-0.1, -0.05) is 0 Å². The van der Waals surface area contributed by atoms with E-state index in [0.717, 1.165) is 25.2 Å². The van der Waals surface area contributed by atoms with Crippen LogP contribution in [0.1, 0.15) is 31.9 Å². The zero-order valence-corrected chi connectivity index (χ0v) is 9.27. The lowest BCUT2D eigenvalue weighted by Gasteiger charge is -2.25. The van der Waals surface area contributed by atoms with Gasteiger partial charge in [0, 0.05) is 13.0 Å². The molecule has 0 fully saturated rings. The van der Waals surface area contributed by atoms with Crippen LogP contribution in [0.5, 0.6) is 0 Å². The summed E-state index contributed by atoms with van der Waals surface area (Å²) in [5.74, 6) is 2.12. The first kappa shape index (κ1) is 10.6. The largest absolute Gasteiger partial charge is 0.382 e. The first-order valence-corrected chi connectivity index (χ1v) is 5.37. The highest BCUT2D eigenvalue weighted by atomic mass is 16.3. The Labute approximate surface area is 89.3 Å². The Balaban J connectivity index is 2.30. The Bertz CT molecular complexity index is 353. The number of hydrogen-bond donors (Lipinski definition) is 2. The summed E-state index contributed by atoms with van der Waals surface area (Å²) in [6.07, 6.45) is 1.92. The minimum atomic E-state index is -0.916. The van der Waals surface area contributed by atoms with Crippen LogP contribution in [0.15, 0.2) is 0 Å². The molecule has 5 heteroatoms. The normalized spacial score (nSPS) is 21.5. The third-order valence-corrected chi connectivity index (χ3v) is 2.94. The third kappa shape index (κ3) is 1.89. The van der Waals surface area contributed by atoms with E-state index in [2.05, 4.69) is 10.2 Å². The van der Waals surface area contributed by atoms with Crippen LogP contribution < -0.4 is 5.73 Å². The quantitative estimate of drug-likeness (QED) is 0.722. The van der Waals surface area contributed by atoms with Crippen LogP contribution >= 0.6 is 0 Å². The van der Waals surface area contributed by atoms with Gasteiger partial charge in [0.2, 0.25) is 0 Å². The minimum Gasteiger partial charge on any atom is -0.382 e. The van der Waals surface area contributed by atoms with Crippen LogP contribution in [-0.2, 0) is 18.6 Å². The molecule has 0 amide bonds. The number of rotatable bonds is 2. The number of fused-ring (bicyclic) bond motifs is 1. The molecule has 5 nitrogen and oxygen atoms in total. The molecule has 1 aliphatic heterocycles. The van der Waals surface area contributed by atoms with Crippen LogP contribution in [-0.4, -0.2) is 26.4 Å². The topological polar surface area (TPSA) is 77.0 Å². The molecule has 1 unspecified atom stereocenters. The second-order valence-electron chi connectivity index (χ2n) is 4.75. The molecule has 0 bridgehead atoms. The Hall–Kier alpha value is -0.940. The maximum absolute atomic E-state index is 9.91. The number of aliphatic hydroxyl groups is 1. The van der Waals surface area contributed by atoms with Crippen molar-refractivity contribution >= 4 is 0 Å². The molecule has 1 aromatic rings. The Kier molecular flexibility index (Phi) is 2.52. The van der Waals surface area contributed by atoms with Gasteiger partial charge in [0.05, 0.1) is 0 Å². The van der Waals surface area contributed by atoms with Gasteiger partial charge in [0.25, 0.3) is 0 Å². The maximum atomic E-state index is 9.91. The van der Waals surface area contributed by atoms with Crippen molar-refractivity contribution in [2.75, 3.05) is 6.54 Å². The maximum Gasteiger partial charge on any atom is 0.164 e. The van der Waals surface area contributed by atoms with Gasteiger partial charge in [-0.25, -0.2) is 0 Å². The van der Waals surface area contributed by atoms with Crippen molar-refractivity contribution in [3.63, 3.8) is 0 Å². The molecule has 2 heterocycles. The Morgan fingerprint density at radius 3 is 2.87 bits per heavy atom. The van der Waals surface area contributed by atoms with E-state index in [1.165, 1.54) is 0 Å². The van der Waals surface area contributed by atoms with Gasteiger partial charge in [0.15, 0.2) is 5.82 Å². The Morgan fingerprint density at radius 1 is 1.53 bits per heavy atom. The second-order valence-corrected chi connectivity index (χ2v) is 4.75. The summed E-state index contributed by atoms with van der Waals surface area (Å²) in [6.45, 7) is 5.03. The van der Waals surface area contributed by atoms with Crippen molar-refractivity contribution in [3.05, 3.63) is 11.6 Å². The fourth-order valence-corrected chi connectivity index (χ4v) is 2.05. The van der Waals surface area contributed by atoms with E-state index in [9.17, 15) is 5.11 Å². The summed E-state index contributed by atoms with van der Waals surface area (Å²) in [5.41, 5.74) is 4.73. The van der Waals surface area contributed by atoms with Crippen molar-refractivity contribution in [1.29, 1.82) is 0 Å². The first-order valence-electron chi connectivity index (χ1n) is 5.37. The molecule has 1 aromatic heterocycles. The van der Waals surface area contributed by atoms with Gasteiger partial charge in [-0.15, -0.1) is 10.2 Å². The van der Waals surface area contributed by atoms with Gasteiger partial charge in [-0.3, -0.25) is 0 Å². The lowest BCUT2D eigenvalue weighted by Crippen LogP contribution is -2.29. The molecule has 0 spiro atoms. The summed E-state index contributed by atoms with van der Waals surface area (Å²) in [7, 11) is 0. The lowest BCUT2D eigenvalue weighted by atomic mass is 9.97. The molecule has 1 aliphatic rings. The smallest absolute Gasteiger partial charge is 0.164 e. The van der Waals surface area contributed by atoms with Crippen LogP contribution in [0.25, 0.3) is 0 Å². The van der Waals surface area contributed by atoms with Gasteiger partial charge < -0.3 is 15.4 Å². The number of hydrogen-bond acceptors (Lipinski definition) is 4. The molecular weight excluding hydrogens is 192 g/mol. The molecule has 1 atom stereocenters. The van der Waals surface area contributed by atoms with Crippen molar-refractivity contribution < 1.29 is 5.11 Å². The fraction of sp³-hybridized carbons (Fsp3) is 0.800. The number of nitrogens with two attached hydrogens (primary N) is 1. The van der Waals surface area contributed by atoms with E-state index in [0.29, 0.717) is 18.3 Å². The van der Waals surface area contributed by atoms with Crippen LogP contribution in [0.2, 0.25) is 0 Å². The zero-order chi connectivity index (χ0) is 11.1.